The SMILES string of the molecule is O=C1CCC(CCNS(=O)(=O)c2cc(Cl)ccc2Cl)CCN1CC1CC1. The monoisotopic (exact) mass is 418 g/mol. The number of hydrogen-bond acceptors (Lipinski definition) is 3. The molecule has 2 aliphatic rings. The first-order valence-corrected chi connectivity index (χ1v) is 11.3. The summed E-state index contributed by atoms with van der Waals surface area (Å²) in [7, 11) is -3.70. The smallest absolute Gasteiger partial charge is 0.242 e. The quantitative estimate of drug-likeness (QED) is 0.733. The van der Waals surface area contributed by atoms with Crippen LogP contribution in [-0.4, -0.2) is 38.9 Å². The van der Waals surface area contributed by atoms with Crippen LogP contribution in [0.2, 0.25) is 10.0 Å². The van der Waals surface area contributed by atoms with E-state index in [9.17, 15) is 13.2 Å². The van der Waals surface area contributed by atoms with Crippen molar-refractivity contribution >= 4 is 39.1 Å². The Bertz CT molecular complexity index is 766. The van der Waals surface area contributed by atoms with Crippen LogP contribution >= 0.6 is 23.2 Å². The highest BCUT2D eigenvalue weighted by atomic mass is 35.5. The number of carbonyl (C=O) groups excluding carboxylic acids is 1. The van der Waals surface area contributed by atoms with Gasteiger partial charge >= 0.3 is 0 Å². The van der Waals surface area contributed by atoms with Gasteiger partial charge in [-0.25, -0.2) is 13.1 Å². The summed E-state index contributed by atoms with van der Waals surface area (Å²) < 4.78 is 27.5. The van der Waals surface area contributed by atoms with Gasteiger partial charge in [-0.2, -0.15) is 0 Å². The Morgan fingerprint density at radius 3 is 2.62 bits per heavy atom. The number of carbonyl (C=O) groups is 1. The van der Waals surface area contributed by atoms with Crippen molar-refractivity contribution in [1.82, 2.24) is 9.62 Å². The van der Waals surface area contributed by atoms with E-state index in [1.807, 2.05) is 4.90 Å². The largest absolute Gasteiger partial charge is 0.342 e. The molecule has 1 saturated heterocycles. The Morgan fingerprint density at radius 1 is 1.12 bits per heavy atom. The third-order valence-electron chi connectivity index (χ3n) is 5.13. The van der Waals surface area contributed by atoms with Gasteiger partial charge in [-0.15, -0.1) is 0 Å². The fourth-order valence-electron chi connectivity index (χ4n) is 3.35. The van der Waals surface area contributed by atoms with Gasteiger partial charge in [-0.1, -0.05) is 23.2 Å². The number of rotatable bonds is 7. The van der Waals surface area contributed by atoms with Crippen molar-refractivity contribution in [2.75, 3.05) is 19.6 Å². The third kappa shape index (κ3) is 5.35. The lowest BCUT2D eigenvalue weighted by Gasteiger charge is -2.20. The number of likely N-dealkylation sites (tertiary alicyclic amines) is 1. The molecule has 5 nitrogen and oxygen atoms in total. The Labute approximate surface area is 165 Å². The molecule has 1 aromatic rings. The summed E-state index contributed by atoms with van der Waals surface area (Å²) in [6.45, 7) is 2.00. The van der Waals surface area contributed by atoms with Gasteiger partial charge in [0.1, 0.15) is 4.90 Å². The molecule has 26 heavy (non-hydrogen) atoms. The zero-order valence-electron chi connectivity index (χ0n) is 14.6. The minimum Gasteiger partial charge on any atom is -0.342 e. The highest BCUT2D eigenvalue weighted by Gasteiger charge is 2.29. The predicted molar refractivity (Wildman–Crippen MR) is 103 cm³/mol. The summed E-state index contributed by atoms with van der Waals surface area (Å²) in [5, 5.41) is 0.477. The molecule has 2 fully saturated rings. The van der Waals surface area contributed by atoms with Gasteiger partial charge in [-0.3, -0.25) is 4.79 Å². The van der Waals surface area contributed by atoms with Crippen LogP contribution in [0.1, 0.15) is 38.5 Å². The molecule has 0 spiro atoms. The first-order chi connectivity index (χ1) is 12.3. The number of hydrogen-bond donors (Lipinski definition) is 1. The van der Waals surface area contributed by atoms with Crippen LogP contribution in [0.5, 0.6) is 0 Å². The van der Waals surface area contributed by atoms with Gasteiger partial charge in [0.05, 0.1) is 5.02 Å². The molecule has 1 unspecified atom stereocenters. The molecule has 1 atom stereocenters. The standard InChI is InChI=1S/C18H24Cl2N2O3S/c19-15-4-5-16(20)17(11-15)26(24,25)21-9-7-13-3-6-18(23)22(10-8-13)12-14-1-2-14/h4-5,11,13-14,21H,1-3,6-10,12H2. The van der Waals surface area contributed by atoms with Crippen LogP contribution in [0.25, 0.3) is 0 Å². The summed E-state index contributed by atoms with van der Waals surface area (Å²) in [6.07, 6.45) is 5.49. The first-order valence-electron chi connectivity index (χ1n) is 9.07. The van der Waals surface area contributed by atoms with Crippen molar-refractivity contribution in [3.63, 3.8) is 0 Å². The van der Waals surface area contributed by atoms with Crippen molar-refractivity contribution in [2.24, 2.45) is 11.8 Å². The fourth-order valence-corrected chi connectivity index (χ4v) is 5.15. The van der Waals surface area contributed by atoms with Gasteiger partial charge in [0, 0.05) is 31.1 Å². The summed E-state index contributed by atoms with van der Waals surface area (Å²) in [5.74, 6) is 1.29. The van der Waals surface area contributed by atoms with E-state index < -0.39 is 10.0 Å². The van der Waals surface area contributed by atoms with Crippen LogP contribution in [0.4, 0.5) is 0 Å². The van der Waals surface area contributed by atoms with E-state index in [2.05, 4.69) is 4.72 Å². The van der Waals surface area contributed by atoms with E-state index in [-0.39, 0.29) is 15.8 Å². The van der Waals surface area contributed by atoms with Gasteiger partial charge in [0.2, 0.25) is 15.9 Å². The second-order valence-electron chi connectivity index (χ2n) is 7.24. The zero-order chi connectivity index (χ0) is 18.7. The van der Waals surface area contributed by atoms with Crippen LogP contribution < -0.4 is 4.72 Å². The second-order valence-corrected chi connectivity index (χ2v) is 9.82. The minimum absolute atomic E-state index is 0.00156. The maximum atomic E-state index is 12.4. The van der Waals surface area contributed by atoms with E-state index in [4.69, 9.17) is 23.2 Å². The molecular formula is C18H24Cl2N2O3S. The highest BCUT2D eigenvalue weighted by molar-refractivity contribution is 7.89. The number of sulfonamides is 1. The Balaban J connectivity index is 1.51. The second kappa shape index (κ2) is 8.46. The van der Waals surface area contributed by atoms with Crippen LogP contribution in [-0.2, 0) is 14.8 Å². The first kappa shape index (κ1) is 19.9. The lowest BCUT2D eigenvalue weighted by Crippen LogP contribution is -2.32. The van der Waals surface area contributed by atoms with Crippen molar-refractivity contribution in [3.05, 3.63) is 28.2 Å². The van der Waals surface area contributed by atoms with E-state index in [1.54, 1.807) is 6.07 Å². The minimum atomic E-state index is -3.70. The molecule has 1 amide bonds. The average Bonchev–Trinajstić information content (AvgIpc) is 3.42. The van der Waals surface area contributed by atoms with E-state index in [0.717, 1.165) is 25.9 Å². The lowest BCUT2D eigenvalue weighted by atomic mass is 9.97. The van der Waals surface area contributed by atoms with Crippen LogP contribution in [0.3, 0.4) is 0 Å². The molecule has 1 saturated carbocycles. The fraction of sp³-hybridized carbons (Fsp3) is 0.611. The van der Waals surface area contributed by atoms with E-state index in [1.165, 1.54) is 25.0 Å². The molecular weight excluding hydrogens is 395 g/mol. The Hall–Kier alpha value is -0.820. The molecule has 1 aromatic carbocycles. The number of nitrogens with zero attached hydrogens (tertiary/aromatic N) is 1. The molecule has 0 bridgehead atoms. The predicted octanol–water partition coefficient (Wildman–Crippen LogP) is 3.70. The van der Waals surface area contributed by atoms with Gasteiger partial charge < -0.3 is 4.90 Å². The summed E-state index contributed by atoms with van der Waals surface area (Å²) in [6, 6.07) is 4.38. The maximum Gasteiger partial charge on any atom is 0.242 e. The van der Waals surface area contributed by atoms with Crippen LogP contribution in [0.15, 0.2) is 23.1 Å². The summed E-state index contributed by atoms with van der Waals surface area (Å²) in [4.78, 5) is 14.2. The molecule has 1 aliphatic carbocycles. The third-order valence-corrected chi connectivity index (χ3v) is 7.31. The Kier molecular flexibility index (Phi) is 6.49. The topological polar surface area (TPSA) is 66.5 Å². The molecule has 1 heterocycles. The number of halogens is 2. The highest BCUT2D eigenvalue weighted by Crippen LogP contribution is 2.31. The normalized spacial score (nSPS) is 21.7. The molecule has 0 aromatic heterocycles. The molecule has 1 N–H and O–H groups in total. The van der Waals surface area contributed by atoms with Crippen molar-refractivity contribution in [2.45, 2.75) is 43.4 Å². The van der Waals surface area contributed by atoms with E-state index >= 15 is 0 Å². The molecule has 0 radical (unpaired) electrons. The van der Waals surface area contributed by atoms with Gasteiger partial charge in [0.25, 0.3) is 0 Å². The molecule has 144 valence electrons. The van der Waals surface area contributed by atoms with Crippen molar-refractivity contribution < 1.29 is 13.2 Å². The number of benzene rings is 1. The number of amides is 1. The number of nitrogens with one attached hydrogen (secondary N) is 1. The van der Waals surface area contributed by atoms with E-state index in [0.29, 0.717) is 36.2 Å². The zero-order valence-corrected chi connectivity index (χ0v) is 16.9. The summed E-state index contributed by atoms with van der Waals surface area (Å²) >= 11 is 11.9. The lowest BCUT2D eigenvalue weighted by molar-refractivity contribution is -0.130. The molecule has 1 aliphatic heterocycles. The average molecular weight is 419 g/mol. The molecule has 3 rings (SSSR count). The molecule has 8 heteroatoms. The summed E-state index contributed by atoms with van der Waals surface area (Å²) in [5.41, 5.74) is 0. The van der Waals surface area contributed by atoms with Gasteiger partial charge in [0.15, 0.2) is 0 Å². The van der Waals surface area contributed by atoms with Gasteiger partial charge in [-0.05, 0) is 62.1 Å². The van der Waals surface area contributed by atoms with Crippen LogP contribution in [0, 0.1) is 11.8 Å². The van der Waals surface area contributed by atoms with Crippen molar-refractivity contribution in [3.8, 4) is 0 Å². The van der Waals surface area contributed by atoms with Crippen molar-refractivity contribution in [1.29, 1.82) is 0 Å². The Morgan fingerprint density at radius 2 is 1.88 bits per heavy atom. The maximum absolute atomic E-state index is 12.4.